The number of rotatable bonds is 6. The third-order valence-corrected chi connectivity index (χ3v) is 5.40. The Bertz CT molecular complexity index is 1060. The Morgan fingerprint density at radius 2 is 2.03 bits per heavy atom. The maximum Gasteiger partial charge on any atom is 0.296 e. The number of H-pyrrole nitrogens is 1. The first-order valence-corrected chi connectivity index (χ1v) is 10.0. The second kappa shape index (κ2) is 8.01. The number of ether oxygens (including phenoxy) is 4. The molecule has 0 aliphatic carbocycles. The predicted molar refractivity (Wildman–Crippen MR) is 106 cm³/mol. The molecule has 2 fully saturated rings. The number of benzene rings is 1. The summed E-state index contributed by atoms with van der Waals surface area (Å²) >= 11 is 6.34. The van der Waals surface area contributed by atoms with Gasteiger partial charge in [-0.3, -0.25) is 0 Å². The lowest BCUT2D eigenvalue weighted by Crippen LogP contribution is -2.34. The van der Waals surface area contributed by atoms with Crippen LogP contribution in [0.15, 0.2) is 30.3 Å². The van der Waals surface area contributed by atoms with Gasteiger partial charge in [0.05, 0.1) is 18.7 Å². The molecule has 9 nitrogen and oxygen atoms in total. The van der Waals surface area contributed by atoms with E-state index in [-0.39, 0.29) is 43.4 Å². The molecule has 3 aromatic rings. The summed E-state index contributed by atoms with van der Waals surface area (Å²) in [5.74, 6) is 0.780. The molecule has 3 N–H and O–H groups in total. The van der Waals surface area contributed by atoms with Gasteiger partial charge in [-0.25, -0.2) is 0 Å². The van der Waals surface area contributed by atoms with E-state index in [2.05, 4.69) is 15.0 Å². The molecule has 2 saturated heterocycles. The molecule has 10 heteroatoms. The molecular formula is C20H20ClN3O6. The van der Waals surface area contributed by atoms with Crippen LogP contribution in [0.4, 0.5) is 0 Å². The van der Waals surface area contributed by atoms with Gasteiger partial charge in [0.1, 0.15) is 29.1 Å². The summed E-state index contributed by atoms with van der Waals surface area (Å²) in [6.07, 6.45) is -1.21. The van der Waals surface area contributed by atoms with Crippen LogP contribution < -0.4 is 9.47 Å². The van der Waals surface area contributed by atoms with Crippen molar-refractivity contribution in [3.63, 3.8) is 0 Å². The number of nitrogens with zero attached hydrogens (tertiary/aromatic N) is 2. The summed E-state index contributed by atoms with van der Waals surface area (Å²) in [7, 11) is 0. The van der Waals surface area contributed by atoms with Crippen LogP contribution in [0.3, 0.4) is 0 Å². The van der Waals surface area contributed by atoms with Crippen LogP contribution in [-0.2, 0) is 15.9 Å². The fourth-order valence-corrected chi connectivity index (χ4v) is 3.89. The molecule has 2 aliphatic rings. The Morgan fingerprint density at radius 3 is 2.90 bits per heavy atom. The summed E-state index contributed by atoms with van der Waals surface area (Å²) < 4.78 is 22.8. The zero-order valence-corrected chi connectivity index (χ0v) is 16.6. The van der Waals surface area contributed by atoms with E-state index < -0.39 is 6.10 Å². The number of aliphatic hydroxyl groups is 2. The predicted octanol–water partition coefficient (Wildman–Crippen LogP) is 1.84. The fraction of sp³-hybridized carbons (Fsp3) is 0.400. The molecule has 4 atom stereocenters. The molecule has 0 radical (unpaired) electrons. The second-order valence-electron chi connectivity index (χ2n) is 7.23. The smallest absolute Gasteiger partial charge is 0.296 e. The van der Waals surface area contributed by atoms with Gasteiger partial charge < -0.3 is 34.1 Å². The minimum absolute atomic E-state index is 0.0576. The first-order valence-electron chi connectivity index (χ1n) is 9.62. The van der Waals surface area contributed by atoms with Crippen LogP contribution in [0, 0.1) is 0 Å². The number of halogens is 1. The average molecular weight is 434 g/mol. The molecule has 158 valence electrons. The molecule has 0 amide bonds. The third kappa shape index (κ3) is 3.70. The molecule has 0 saturated carbocycles. The molecule has 1 aromatic carbocycles. The molecular weight excluding hydrogens is 414 g/mol. The van der Waals surface area contributed by atoms with E-state index in [0.29, 0.717) is 35.0 Å². The van der Waals surface area contributed by atoms with Crippen molar-refractivity contribution in [3.8, 4) is 17.6 Å². The molecule has 30 heavy (non-hydrogen) atoms. The van der Waals surface area contributed by atoms with Gasteiger partial charge in [0.2, 0.25) is 5.88 Å². The van der Waals surface area contributed by atoms with Crippen LogP contribution >= 0.6 is 11.6 Å². The highest BCUT2D eigenvalue weighted by Crippen LogP contribution is 2.33. The Morgan fingerprint density at radius 1 is 1.17 bits per heavy atom. The van der Waals surface area contributed by atoms with Crippen LogP contribution in [0.1, 0.15) is 5.56 Å². The number of aliphatic hydroxyl groups excluding tert-OH is 2. The van der Waals surface area contributed by atoms with Crippen molar-refractivity contribution in [1.29, 1.82) is 0 Å². The van der Waals surface area contributed by atoms with Crippen LogP contribution in [0.2, 0.25) is 5.02 Å². The van der Waals surface area contributed by atoms with Crippen molar-refractivity contribution in [2.75, 3.05) is 19.8 Å². The zero-order chi connectivity index (χ0) is 20.7. The van der Waals surface area contributed by atoms with Crippen molar-refractivity contribution in [3.05, 3.63) is 40.9 Å². The molecule has 2 aliphatic heterocycles. The minimum Gasteiger partial charge on any atom is -0.456 e. The summed E-state index contributed by atoms with van der Waals surface area (Å²) in [6, 6.07) is 9.28. The zero-order valence-electron chi connectivity index (χ0n) is 15.8. The Balaban J connectivity index is 1.35. The SMILES string of the molecule is OCCc1cccc(Oc2nc3nc(O[C@@H]4COC5C4OC[C@H]5O)[nH]c3cc2Cl)c1. The minimum atomic E-state index is -0.643. The van der Waals surface area contributed by atoms with Crippen LogP contribution in [0.25, 0.3) is 11.2 Å². The van der Waals surface area contributed by atoms with Gasteiger partial charge >= 0.3 is 0 Å². The fourth-order valence-electron chi connectivity index (χ4n) is 3.70. The lowest BCUT2D eigenvalue weighted by atomic mass is 10.1. The van der Waals surface area contributed by atoms with Crippen molar-refractivity contribution in [2.45, 2.75) is 30.8 Å². The second-order valence-corrected chi connectivity index (χ2v) is 7.64. The molecule has 2 aromatic heterocycles. The molecule has 4 heterocycles. The summed E-state index contributed by atoms with van der Waals surface area (Å²) in [6.45, 7) is 0.588. The van der Waals surface area contributed by atoms with Crippen LogP contribution in [0.5, 0.6) is 17.6 Å². The van der Waals surface area contributed by atoms with E-state index in [1.165, 1.54) is 0 Å². The van der Waals surface area contributed by atoms with Crippen molar-refractivity contribution in [2.24, 2.45) is 0 Å². The summed E-state index contributed by atoms with van der Waals surface area (Å²) in [4.78, 5) is 11.8. The topological polar surface area (TPSA) is 119 Å². The lowest BCUT2D eigenvalue weighted by Gasteiger charge is -2.15. The van der Waals surface area contributed by atoms with Gasteiger partial charge in [0.25, 0.3) is 6.01 Å². The highest BCUT2D eigenvalue weighted by atomic mass is 35.5. The number of imidazole rings is 1. The molecule has 0 bridgehead atoms. The van der Waals surface area contributed by atoms with E-state index in [9.17, 15) is 5.11 Å². The maximum absolute atomic E-state index is 9.85. The van der Waals surface area contributed by atoms with Crippen molar-refractivity contribution < 1.29 is 29.2 Å². The highest BCUT2D eigenvalue weighted by molar-refractivity contribution is 6.32. The monoisotopic (exact) mass is 433 g/mol. The normalized spacial score (nSPS) is 25.6. The number of nitrogens with one attached hydrogen (secondary N) is 1. The largest absolute Gasteiger partial charge is 0.456 e. The Hall–Kier alpha value is -2.43. The van der Waals surface area contributed by atoms with E-state index >= 15 is 0 Å². The van der Waals surface area contributed by atoms with E-state index in [1.807, 2.05) is 18.2 Å². The first-order chi connectivity index (χ1) is 14.6. The molecule has 5 rings (SSSR count). The Kier molecular flexibility index (Phi) is 5.21. The number of pyridine rings is 1. The van der Waals surface area contributed by atoms with Gasteiger partial charge in [0.15, 0.2) is 11.8 Å². The number of hydrogen-bond acceptors (Lipinski definition) is 8. The van der Waals surface area contributed by atoms with E-state index in [1.54, 1.807) is 12.1 Å². The number of aromatic nitrogens is 3. The molecule has 0 spiro atoms. The number of aromatic amines is 1. The third-order valence-electron chi connectivity index (χ3n) is 5.13. The summed E-state index contributed by atoms with van der Waals surface area (Å²) in [5.41, 5.74) is 1.93. The summed E-state index contributed by atoms with van der Waals surface area (Å²) in [5, 5.41) is 19.3. The maximum atomic E-state index is 9.85. The molecule has 2 unspecified atom stereocenters. The first kappa shape index (κ1) is 19.5. The van der Waals surface area contributed by atoms with E-state index in [0.717, 1.165) is 5.56 Å². The quantitative estimate of drug-likeness (QED) is 0.539. The number of fused-ring (bicyclic) bond motifs is 2. The highest BCUT2D eigenvalue weighted by Gasteiger charge is 2.48. The van der Waals surface area contributed by atoms with Gasteiger partial charge in [0, 0.05) is 6.61 Å². The van der Waals surface area contributed by atoms with Crippen molar-refractivity contribution >= 4 is 22.8 Å². The average Bonchev–Trinajstić information content (AvgIpc) is 3.40. The van der Waals surface area contributed by atoms with Gasteiger partial charge in [-0.15, -0.1) is 0 Å². The lowest BCUT2D eigenvalue weighted by molar-refractivity contribution is 0.00706. The van der Waals surface area contributed by atoms with Gasteiger partial charge in [-0.1, -0.05) is 23.7 Å². The standard InChI is InChI=1S/C20H20ClN3O6/c21-12-7-13-18(23-19(12)29-11-3-1-2-10(6-11)4-5-25)24-20(22-13)30-15-9-28-16-14(26)8-27-17(15)16/h1-3,6-7,14-17,25-26H,4-5,8-9H2,(H,22,23,24)/t14-,15-,16?,17?/m1/s1. The van der Waals surface area contributed by atoms with Crippen LogP contribution in [-0.4, -0.2) is 69.4 Å². The van der Waals surface area contributed by atoms with Crippen molar-refractivity contribution in [1.82, 2.24) is 15.0 Å². The number of hydrogen-bond donors (Lipinski definition) is 3. The van der Waals surface area contributed by atoms with Gasteiger partial charge in [-0.05, 0) is 30.2 Å². The van der Waals surface area contributed by atoms with E-state index in [4.69, 9.17) is 35.7 Å². The Labute approximate surface area is 176 Å². The van der Waals surface area contributed by atoms with Gasteiger partial charge in [-0.2, -0.15) is 9.97 Å².